The van der Waals surface area contributed by atoms with Gasteiger partial charge in [-0.2, -0.15) is 0 Å². The Balaban J connectivity index is 0.00000106. The third kappa shape index (κ3) is 4.75. The molecule has 0 bridgehead atoms. The van der Waals surface area contributed by atoms with Gasteiger partial charge in [-0.15, -0.1) is 0 Å². The van der Waals surface area contributed by atoms with Gasteiger partial charge in [-0.1, -0.05) is 38.1 Å². The standard InChI is InChI=1S/C17H23NO.C2H6/c1-13-10-15(12-18(2)3)17(19-4)11-16(13)14-8-6-5-7-9-14;1-2/h6,8-11H,5,7,12H2,1-4H3;1-2H3. The number of allylic oxidation sites excluding steroid dienone is 4. The minimum Gasteiger partial charge on any atom is -0.496 e. The summed E-state index contributed by atoms with van der Waals surface area (Å²) in [5.41, 5.74) is 5.17. The van der Waals surface area contributed by atoms with Crippen molar-refractivity contribution in [2.45, 2.75) is 40.2 Å². The highest BCUT2D eigenvalue weighted by molar-refractivity contribution is 5.77. The summed E-state index contributed by atoms with van der Waals surface area (Å²) in [5, 5.41) is 0. The molecule has 1 aliphatic carbocycles. The molecular formula is C19H29NO. The number of ether oxygens (including phenoxy) is 1. The Morgan fingerprint density at radius 2 is 1.86 bits per heavy atom. The lowest BCUT2D eigenvalue weighted by Crippen LogP contribution is -2.12. The van der Waals surface area contributed by atoms with Crippen LogP contribution in [0.2, 0.25) is 0 Å². The molecule has 0 N–H and O–H groups in total. The van der Waals surface area contributed by atoms with Crippen molar-refractivity contribution in [2.24, 2.45) is 0 Å². The molecule has 2 rings (SSSR count). The van der Waals surface area contributed by atoms with Crippen molar-refractivity contribution in [3.05, 3.63) is 47.1 Å². The SMILES string of the molecule is CC.COc1cc(C2=CCCC=C2)c(C)cc1CN(C)C. The monoisotopic (exact) mass is 287 g/mol. The molecule has 2 nitrogen and oxygen atoms in total. The Morgan fingerprint density at radius 1 is 1.14 bits per heavy atom. The van der Waals surface area contributed by atoms with Crippen molar-refractivity contribution in [1.82, 2.24) is 4.90 Å². The Hall–Kier alpha value is -1.54. The maximum Gasteiger partial charge on any atom is 0.123 e. The Bertz CT molecular complexity index is 513. The quantitative estimate of drug-likeness (QED) is 0.787. The number of methoxy groups -OCH3 is 1. The summed E-state index contributed by atoms with van der Waals surface area (Å²) >= 11 is 0. The summed E-state index contributed by atoms with van der Waals surface area (Å²) in [7, 11) is 5.91. The van der Waals surface area contributed by atoms with Gasteiger partial charge in [-0.3, -0.25) is 0 Å². The molecule has 0 unspecified atom stereocenters. The second kappa shape index (κ2) is 8.68. The van der Waals surface area contributed by atoms with E-state index in [1.165, 1.54) is 22.3 Å². The summed E-state index contributed by atoms with van der Waals surface area (Å²) in [6.45, 7) is 7.08. The molecular weight excluding hydrogens is 258 g/mol. The van der Waals surface area contributed by atoms with Gasteiger partial charge in [-0.05, 0) is 56.6 Å². The average molecular weight is 287 g/mol. The lowest BCUT2D eigenvalue weighted by atomic mass is 9.94. The fraction of sp³-hybridized carbons (Fsp3) is 0.474. The molecule has 0 saturated carbocycles. The van der Waals surface area contributed by atoms with E-state index < -0.39 is 0 Å². The van der Waals surface area contributed by atoms with Crippen molar-refractivity contribution in [3.63, 3.8) is 0 Å². The Morgan fingerprint density at radius 3 is 2.38 bits per heavy atom. The summed E-state index contributed by atoms with van der Waals surface area (Å²) < 4.78 is 5.55. The highest BCUT2D eigenvalue weighted by Crippen LogP contribution is 2.31. The van der Waals surface area contributed by atoms with Crippen molar-refractivity contribution in [2.75, 3.05) is 21.2 Å². The predicted molar refractivity (Wildman–Crippen MR) is 92.8 cm³/mol. The van der Waals surface area contributed by atoms with E-state index in [9.17, 15) is 0 Å². The first-order chi connectivity index (χ1) is 10.1. The highest BCUT2D eigenvalue weighted by Gasteiger charge is 2.11. The third-order valence-electron chi connectivity index (χ3n) is 3.42. The van der Waals surface area contributed by atoms with Gasteiger partial charge in [0.1, 0.15) is 5.75 Å². The summed E-state index contributed by atoms with van der Waals surface area (Å²) in [4.78, 5) is 2.16. The van der Waals surface area contributed by atoms with Crippen LogP contribution in [0.1, 0.15) is 43.4 Å². The first-order valence-electron chi connectivity index (χ1n) is 7.81. The van der Waals surface area contributed by atoms with Gasteiger partial charge in [-0.25, -0.2) is 0 Å². The van der Waals surface area contributed by atoms with Crippen LogP contribution in [0.15, 0.2) is 30.4 Å². The number of nitrogens with zero attached hydrogens (tertiary/aromatic N) is 1. The zero-order chi connectivity index (χ0) is 15.8. The van der Waals surface area contributed by atoms with Gasteiger partial charge >= 0.3 is 0 Å². The molecule has 1 aromatic rings. The molecule has 0 amide bonds. The molecule has 0 aliphatic heterocycles. The van der Waals surface area contributed by atoms with E-state index in [0.717, 1.165) is 25.1 Å². The molecule has 0 atom stereocenters. The van der Waals surface area contributed by atoms with Gasteiger partial charge in [0.25, 0.3) is 0 Å². The van der Waals surface area contributed by atoms with Crippen molar-refractivity contribution >= 4 is 5.57 Å². The van der Waals surface area contributed by atoms with E-state index in [4.69, 9.17) is 4.74 Å². The predicted octanol–water partition coefficient (Wildman–Crippen LogP) is 4.82. The fourth-order valence-corrected chi connectivity index (χ4v) is 2.53. The van der Waals surface area contributed by atoms with Crippen molar-refractivity contribution in [1.29, 1.82) is 0 Å². The summed E-state index contributed by atoms with van der Waals surface area (Å²) in [6.07, 6.45) is 9.06. The third-order valence-corrected chi connectivity index (χ3v) is 3.42. The molecule has 0 spiro atoms. The van der Waals surface area contributed by atoms with E-state index in [-0.39, 0.29) is 0 Å². The van der Waals surface area contributed by atoms with Gasteiger partial charge in [0.05, 0.1) is 7.11 Å². The van der Waals surface area contributed by atoms with Crippen LogP contribution in [0.4, 0.5) is 0 Å². The molecule has 0 fully saturated rings. The Labute approximate surface area is 130 Å². The van der Waals surface area contributed by atoms with Gasteiger partial charge in [0, 0.05) is 12.1 Å². The number of aryl methyl sites for hydroxylation is 1. The van der Waals surface area contributed by atoms with E-state index in [1.807, 2.05) is 13.8 Å². The highest BCUT2D eigenvalue weighted by atomic mass is 16.5. The maximum atomic E-state index is 5.55. The smallest absolute Gasteiger partial charge is 0.123 e. The minimum atomic E-state index is 0.902. The molecule has 0 radical (unpaired) electrons. The molecule has 1 aliphatic rings. The van der Waals surface area contributed by atoms with Crippen LogP contribution in [-0.4, -0.2) is 26.1 Å². The molecule has 2 heteroatoms. The molecule has 116 valence electrons. The summed E-state index contributed by atoms with van der Waals surface area (Å²) in [6, 6.07) is 4.42. The molecule has 1 aromatic carbocycles. The fourth-order valence-electron chi connectivity index (χ4n) is 2.53. The van der Waals surface area contributed by atoms with Crippen LogP contribution in [0.5, 0.6) is 5.75 Å². The number of hydrogen-bond donors (Lipinski definition) is 0. The van der Waals surface area contributed by atoms with E-state index in [1.54, 1.807) is 7.11 Å². The minimum absolute atomic E-state index is 0.902. The van der Waals surface area contributed by atoms with E-state index in [2.05, 4.69) is 56.3 Å². The molecule has 0 heterocycles. The molecule has 21 heavy (non-hydrogen) atoms. The van der Waals surface area contributed by atoms with Crippen LogP contribution in [0.25, 0.3) is 5.57 Å². The zero-order valence-electron chi connectivity index (χ0n) is 14.4. The van der Waals surface area contributed by atoms with E-state index in [0.29, 0.717) is 0 Å². The van der Waals surface area contributed by atoms with Gasteiger partial charge < -0.3 is 9.64 Å². The average Bonchev–Trinajstić information content (AvgIpc) is 2.50. The topological polar surface area (TPSA) is 12.5 Å². The number of rotatable bonds is 4. The second-order valence-electron chi connectivity index (χ2n) is 5.36. The molecule has 0 saturated heterocycles. The largest absolute Gasteiger partial charge is 0.496 e. The normalized spacial score (nSPS) is 13.6. The van der Waals surface area contributed by atoms with Crippen LogP contribution in [0.3, 0.4) is 0 Å². The first-order valence-corrected chi connectivity index (χ1v) is 7.81. The Kier molecular flexibility index (Phi) is 7.24. The zero-order valence-corrected chi connectivity index (χ0v) is 14.4. The number of benzene rings is 1. The van der Waals surface area contributed by atoms with Crippen molar-refractivity contribution < 1.29 is 4.74 Å². The number of hydrogen-bond acceptors (Lipinski definition) is 2. The van der Waals surface area contributed by atoms with Gasteiger partial charge in [0.2, 0.25) is 0 Å². The van der Waals surface area contributed by atoms with Gasteiger partial charge in [0.15, 0.2) is 0 Å². The maximum absolute atomic E-state index is 5.55. The first kappa shape index (κ1) is 17.5. The lowest BCUT2D eigenvalue weighted by molar-refractivity contribution is 0.371. The molecule has 0 aromatic heterocycles. The summed E-state index contributed by atoms with van der Waals surface area (Å²) in [5.74, 6) is 0.981. The lowest BCUT2D eigenvalue weighted by Gasteiger charge is -2.18. The van der Waals surface area contributed by atoms with Crippen LogP contribution in [0, 0.1) is 6.92 Å². The van der Waals surface area contributed by atoms with E-state index >= 15 is 0 Å². The van der Waals surface area contributed by atoms with Crippen LogP contribution < -0.4 is 4.74 Å². The van der Waals surface area contributed by atoms with Crippen LogP contribution >= 0.6 is 0 Å². The second-order valence-corrected chi connectivity index (χ2v) is 5.36. The van der Waals surface area contributed by atoms with Crippen LogP contribution in [-0.2, 0) is 6.54 Å². The van der Waals surface area contributed by atoms with Crippen molar-refractivity contribution in [3.8, 4) is 5.75 Å².